The number of likely N-dealkylation sites (tertiary alicyclic amines) is 1. The largest absolute Gasteiger partial charge is 0.489 e. The third kappa shape index (κ3) is 3.86. The van der Waals surface area contributed by atoms with E-state index in [9.17, 15) is 4.39 Å². The van der Waals surface area contributed by atoms with Crippen LogP contribution in [0.15, 0.2) is 48.5 Å². The zero-order valence-electron chi connectivity index (χ0n) is 21.3. The van der Waals surface area contributed by atoms with Crippen molar-refractivity contribution in [3.8, 4) is 5.75 Å². The first-order valence-corrected chi connectivity index (χ1v) is 14.1. The Bertz CT molecular complexity index is 1220. The first-order valence-electron chi connectivity index (χ1n) is 14.1. The van der Waals surface area contributed by atoms with Gasteiger partial charge in [0.05, 0.1) is 12.7 Å². The van der Waals surface area contributed by atoms with Gasteiger partial charge in [-0.25, -0.2) is 0 Å². The van der Waals surface area contributed by atoms with Crippen molar-refractivity contribution in [1.29, 1.82) is 0 Å². The minimum atomic E-state index is -0.235. The maximum Gasteiger partial charge on any atom is 0.119 e. The Morgan fingerprint density at radius 2 is 1.89 bits per heavy atom. The second-order valence-electron chi connectivity index (χ2n) is 11.8. The maximum atomic E-state index is 12.5. The molecule has 4 fully saturated rings. The van der Waals surface area contributed by atoms with Crippen molar-refractivity contribution in [2.45, 2.75) is 69.7 Å². The summed E-state index contributed by atoms with van der Waals surface area (Å²) >= 11 is 0. The number of benzene rings is 2. The lowest BCUT2D eigenvalue weighted by atomic mass is 9.82. The number of halogens is 1. The van der Waals surface area contributed by atoms with Crippen LogP contribution in [0.25, 0.3) is 10.9 Å². The van der Waals surface area contributed by atoms with Crippen molar-refractivity contribution in [2.24, 2.45) is 11.8 Å². The smallest absolute Gasteiger partial charge is 0.119 e. The minimum Gasteiger partial charge on any atom is -0.489 e. The molecule has 2 aliphatic heterocycles. The number of rotatable bonds is 7. The summed E-state index contributed by atoms with van der Waals surface area (Å²) < 4.78 is 18.9. The zero-order valence-corrected chi connectivity index (χ0v) is 21.3. The summed E-state index contributed by atoms with van der Waals surface area (Å²) in [5.74, 6) is 2.77. The first-order chi connectivity index (χ1) is 17.7. The summed E-state index contributed by atoms with van der Waals surface area (Å²) in [7, 11) is 0. The molecule has 3 heterocycles. The molecule has 0 amide bonds. The number of fused-ring (bicyclic) bond motifs is 4. The maximum absolute atomic E-state index is 12.5. The molecule has 2 aromatic carbocycles. The van der Waals surface area contributed by atoms with E-state index in [-0.39, 0.29) is 18.8 Å². The third-order valence-electron chi connectivity index (χ3n) is 9.54. The topological polar surface area (TPSA) is 31.5 Å². The van der Waals surface area contributed by atoms with Crippen LogP contribution >= 0.6 is 0 Å². The van der Waals surface area contributed by atoms with E-state index < -0.39 is 0 Å². The van der Waals surface area contributed by atoms with Crippen molar-refractivity contribution in [2.75, 3.05) is 26.3 Å². The van der Waals surface area contributed by atoms with E-state index in [4.69, 9.17) is 4.74 Å². The normalized spacial score (nSPS) is 32.1. The zero-order chi connectivity index (χ0) is 24.2. The fourth-order valence-corrected chi connectivity index (χ4v) is 7.83. The standard InChI is InChI=1S/C31H38FN3O/c1-20-15-27-26-5-2-3-6-28(26)33-30(27)31(35(20)29-18-21-16-23(29)17-21)22-7-9-24(10-8-22)36-25-11-14-34(19-25)13-4-12-32/h2-3,5-10,20-21,23,25,29,31,33H,4,11-19H2,1H3/t20-,21?,23?,25+,29?,31-/m1/s1. The molecule has 5 heteroatoms. The minimum absolute atomic E-state index is 0.201. The number of aromatic amines is 1. The summed E-state index contributed by atoms with van der Waals surface area (Å²) in [5, 5.41) is 1.39. The van der Waals surface area contributed by atoms with Crippen LogP contribution in [0.4, 0.5) is 4.39 Å². The number of aromatic nitrogens is 1. The number of nitrogens with zero attached hydrogens (tertiary/aromatic N) is 2. The van der Waals surface area contributed by atoms with Gasteiger partial charge in [-0.15, -0.1) is 0 Å². The Labute approximate surface area is 213 Å². The molecular weight excluding hydrogens is 449 g/mol. The highest BCUT2D eigenvalue weighted by molar-refractivity contribution is 5.85. The number of nitrogens with one attached hydrogen (secondary N) is 1. The van der Waals surface area contributed by atoms with Crippen LogP contribution in [-0.2, 0) is 6.42 Å². The fraction of sp³-hybridized carbons (Fsp3) is 0.548. The number of ether oxygens (including phenoxy) is 1. The van der Waals surface area contributed by atoms with Gasteiger partial charge >= 0.3 is 0 Å². The fourth-order valence-electron chi connectivity index (χ4n) is 7.83. The number of H-pyrrole nitrogens is 1. The Kier molecular flexibility index (Phi) is 5.81. The first kappa shape index (κ1) is 22.8. The van der Waals surface area contributed by atoms with Crippen molar-refractivity contribution < 1.29 is 9.13 Å². The quantitative estimate of drug-likeness (QED) is 0.436. The molecule has 1 N–H and O–H groups in total. The molecule has 4 atom stereocenters. The van der Waals surface area contributed by atoms with E-state index in [0.29, 0.717) is 18.5 Å². The Morgan fingerprint density at radius 3 is 2.67 bits per heavy atom. The van der Waals surface area contributed by atoms with Gasteiger partial charge in [-0.05, 0) is 86.6 Å². The molecule has 2 bridgehead atoms. The van der Waals surface area contributed by atoms with Crippen LogP contribution in [0.5, 0.6) is 5.75 Å². The van der Waals surface area contributed by atoms with Crippen molar-refractivity contribution in [1.82, 2.24) is 14.8 Å². The van der Waals surface area contributed by atoms with E-state index in [1.54, 1.807) is 0 Å². The summed E-state index contributed by atoms with van der Waals surface area (Å²) in [4.78, 5) is 9.05. The average molecular weight is 488 g/mol. The number of alkyl halides is 1. The second kappa shape index (κ2) is 9.18. The lowest BCUT2D eigenvalue weighted by molar-refractivity contribution is 0.0712. The van der Waals surface area contributed by atoms with Gasteiger partial charge in [-0.3, -0.25) is 14.2 Å². The monoisotopic (exact) mass is 487 g/mol. The molecule has 1 unspecified atom stereocenters. The lowest BCUT2D eigenvalue weighted by Crippen LogP contribution is -2.49. The van der Waals surface area contributed by atoms with Crippen molar-refractivity contribution >= 4 is 10.9 Å². The van der Waals surface area contributed by atoms with E-state index in [1.165, 1.54) is 47.0 Å². The molecule has 0 spiro atoms. The molecule has 3 aliphatic carbocycles. The van der Waals surface area contributed by atoms with Crippen molar-refractivity contribution in [3.63, 3.8) is 0 Å². The molecule has 0 radical (unpaired) electrons. The summed E-state index contributed by atoms with van der Waals surface area (Å²) in [5.41, 5.74) is 5.52. The number of hydrogen-bond donors (Lipinski definition) is 1. The van der Waals surface area contributed by atoms with Crippen LogP contribution in [0.3, 0.4) is 0 Å². The number of para-hydroxylation sites is 1. The molecule has 190 valence electrons. The molecule has 36 heavy (non-hydrogen) atoms. The van der Waals surface area contributed by atoms with Gasteiger partial charge in [0.25, 0.3) is 0 Å². The number of hydrogen-bond acceptors (Lipinski definition) is 3. The third-order valence-corrected chi connectivity index (χ3v) is 9.54. The van der Waals surface area contributed by atoms with Gasteiger partial charge in [-0.1, -0.05) is 30.3 Å². The summed E-state index contributed by atoms with van der Waals surface area (Å²) in [6.07, 6.45) is 7.18. The highest BCUT2D eigenvalue weighted by Gasteiger charge is 2.51. The Balaban J connectivity index is 1.18. The van der Waals surface area contributed by atoms with Crippen LogP contribution in [0, 0.1) is 11.8 Å². The van der Waals surface area contributed by atoms with Crippen LogP contribution in [0.2, 0.25) is 0 Å². The molecule has 5 aliphatic rings. The molecule has 3 saturated carbocycles. The molecule has 3 aromatic rings. The Hall–Kier alpha value is -2.37. The molecule has 8 rings (SSSR count). The SMILES string of the molecule is C[C@@H]1Cc2c([nH]c3ccccc23)[C@@H](c2ccc(O[C@H]3CCN(CCCF)C3)cc2)N1C1CC2CC1C2. The van der Waals surface area contributed by atoms with Gasteiger partial charge in [0, 0.05) is 48.3 Å². The second-order valence-corrected chi connectivity index (χ2v) is 11.8. The van der Waals surface area contributed by atoms with E-state index in [2.05, 4.69) is 70.2 Å². The lowest BCUT2D eigenvalue weighted by Gasteiger charge is -2.46. The van der Waals surface area contributed by atoms with Crippen LogP contribution in [0.1, 0.15) is 61.9 Å². The van der Waals surface area contributed by atoms with Gasteiger partial charge in [0.2, 0.25) is 0 Å². The highest BCUT2D eigenvalue weighted by Crippen LogP contribution is 2.54. The van der Waals surface area contributed by atoms with Crippen molar-refractivity contribution in [3.05, 3.63) is 65.4 Å². The van der Waals surface area contributed by atoms with Crippen LogP contribution in [-0.4, -0.2) is 59.3 Å². The predicted octanol–water partition coefficient (Wildman–Crippen LogP) is 6.12. The summed E-state index contributed by atoms with van der Waals surface area (Å²) in [6, 6.07) is 19.2. The van der Waals surface area contributed by atoms with Gasteiger partial charge in [0.1, 0.15) is 11.9 Å². The molecule has 1 aromatic heterocycles. The van der Waals surface area contributed by atoms with E-state index in [0.717, 1.165) is 50.1 Å². The van der Waals surface area contributed by atoms with Gasteiger partial charge in [-0.2, -0.15) is 0 Å². The Morgan fingerprint density at radius 1 is 1.06 bits per heavy atom. The molecule has 4 nitrogen and oxygen atoms in total. The highest BCUT2D eigenvalue weighted by atomic mass is 19.1. The summed E-state index contributed by atoms with van der Waals surface area (Å²) in [6.45, 7) is 4.95. The van der Waals surface area contributed by atoms with Gasteiger partial charge in [0.15, 0.2) is 0 Å². The molecular formula is C31H38FN3O. The predicted molar refractivity (Wildman–Crippen MR) is 142 cm³/mol. The molecule has 1 saturated heterocycles. The van der Waals surface area contributed by atoms with Gasteiger partial charge < -0.3 is 9.72 Å². The van der Waals surface area contributed by atoms with E-state index in [1.807, 2.05) is 0 Å². The van der Waals surface area contributed by atoms with E-state index >= 15 is 0 Å². The average Bonchev–Trinajstić information content (AvgIpc) is 3.65. The van der Waals surface area contributed by atoms with Crippen LogP contribution < -0.4 is 4.74 Å².